The molecule has 0 spiro atoms. The summed E-state index contributed by atoms with van der Waals surface area (Å²) in [6.45, 7) is 2.63. The van der Waals surface area contributed by atoms with E-state index >= 15 is 0 Å². The molecule has 0 amide bonds. The second-order valence-electron chi connectivity index (χ2n) is 4.07. The normalized spacial score (nSPS) is 10.3. The molecule has 0 fully saturated rings. The first-order valence-electron chi connectivity index (χ1n) is 5.77. The first kappa shape index (κ1) is 12.6. The van der Waals surface area contributed by atoms with E-state index in [1.54, 1.807) is 11.3 Å². The van der Waals surface area contributed by atoms with Gasteiger partial charge in [0, 0.05) is 16.9 Å². The third-order valence-corrected chi connectivity index (χ3v) is 3.62. The lowest BCUT2D eigenvalue weighted by atomic mass is 10.1. The van der Waals surface area contributed by atoms with Crippen LogP contribution in [0, 0.1) is 12.3 Å². The van der Waals surface area contributed by atoms with E-state index < -0.39 is 0 Å². The highest BCUT2D eigenvalue weighted by Gasteiger charge is 2.04. The second-order valence-corrected chi connectivity index (χ2v) is 5.10. The molecule has 0 bridgehead atoms. The van der Waals surface area contributed by atoms with Crippen molar-refractivity contribution in [2.24, 2.45) is 5.73 Å². The summed E-state index contributed by atoms with van der Waals surface area (Å²) >= 11 is 1.74. The van der Waals surface area contributed by atoms with Crippen LogP contribution in [0.25, 0.3) is 0 Å². The minimum absolute atomic E-state index is 0.0677. The van der Waals surface area contributed by atoms with Crippen LogP contribution in [0.3, 0.4) is 0 Å². The molecule has 0 atom stereocenters. The number of amidine groups is 1. The Hall–Kier alpha value is -1.81. The summed E-state index contributed by atoms with van der Waals surface area (Å²) < 4.78 is 5.76. The predicted octanol–water partition coefficient (Wildman–Crippen LogP) is 2.96. The minimum atomic E-state index is 0.0677. The summed E-state index contributed by atoms with van der Waals surface area (Å²) in [6.07, 6.45) is 0.904. The molecule has 3 nitrogen and oxygen atoms in total. The van der Waals surface area contributed by atoms with E-state index in [2.05, 4.69) is 11.4 Å². The maximum absolute atomic E-state index is 7.42. The number of hydrogen-bond donors (Lipinski definition) is 2. The van der Waals surface area contributed by atoms with Crippen LogP contribution in [0.15, 0.2) is 35.7 Å². The van der Waals surface area contributed by atoms with Crippen LogP contribution in [-0.4, -0.2) is 12.4 Å². The van der Waals surface area contributed by atoms with Crippen LogP contribution < -0.4 is 10.5 Å². The predicted molar refractivity (Wildman–Crippen MR) is 75.7 cm³/mol. The fourth-order valence-electron chi connectivity index (χ4n) is 1.64. The van der Waals surface area contributed by atoms with Gasteiger partial charge in [0.1, 0.15) is 11.6 Å². The zero-order valence-corrected chi connectivity index (χ0v) is 11.1. The third-order valence-electron chi connectivity index (χ3n) is 2.69. The van der Waals surface area contributed by atoms with Gasteiger partial charge in [-0.3, -0.25) is 5.41 Å². The number of rotatable bonds is 5. The number of nitrogens with two attached hydrogens (primary N) is 1. The maximum Gasteiger partial charge on any atom is 0.122 e. The molecule has 4 heteroatoms. The molecule has 0 radical (unpaired) electrons. The van der Waals surface area contributed by atoms with Crippen LogP contribution in [-0.2, 0) is 6.42 Å². The number of hydrogen-bond acceptors (Lipinski definition) is 3. The molecule has 94 valence electrons. The topological polar surface area (TPSA) is 59.1 Å². The van der Waals surface area contributed by atoms with Crippen molar-refractivity contribution >= 4 is 17.2 Å². The molecule has 0 aliphatic rings. The monoisotopic (exact) mass is 260 g/mol. The molecule has 0 unspecified atom stereocenters. The van der Waals surface area contributed by atoms with E-state index in [-0.39, 0.29) is 5.84 Å². The number of benzene rings is 1. The lowest BCUT2D eigenvalue weighted by Gasteiger charge is -2.10. The number of nitrogen functional groups attached to an aromatic ring is 1. The quantitative estimate of drug-likeness (QED) is 0.641. The van der Waals surface area contributed by atoms with Gasteiger partial charge in [-0.2, -0.15) is 0 Å². The Morgan fingerprint density at radius 3 is 2.89 bits per heavy atom. The van der Waals surface area contributed by atoms with E-state index in [4.69, 9.17) is 15.9 Å². The number of nitrogens with one attached hydrogen (secondary N) is 1. The molecular weight excluding hydrogens is 244 g/mol. The molecule has 0 saturated carbocycles. The molecule has 2 aromatic rings. The van der Waals surface area contributed by atoms with Crippen molar-refractivity contribution in [3.05, 3.63) is 51.7 Å². The summed E-state index contributed by atoms with van der Waals surface area (Å²) in [7, 11) is 0. The van der Waals surface area contributed by atoms with E-state index in [9.17, 15) is 0 Å². The Morgan fingerprint density at radius 1 is 1.39 bits per heavy atom. The van der Waals surface area contributed by atoms with Crippen LogP contribution in [0.4, 0.5) is 0 Å². The van der Waals surface area contributed by atoms with Gasteiger partial charge in [-0.05, 0) is 30.0 Å². The van der Waals surface area contributed by atoms with E-state index in [0.29, 0.717) is 12.2 Å². The molecular formula is C14H16N2OS. The van der Waals surface area contributed by atoms with E-state index in [1.807, 2.05) is 31.2 Å². The molecule has 2 rings (SSSR count). The van der Waals surface area contributed by atoms with Crippen molar-refractivity contribution in [1.82, 2.24) is 0 Å². The molecule has 1 aromatic heterocycles. The third kappa shape index (κ3) is 3.11. The molecule has 0 aliphatic carbocycles. The highest BCUT2D eigenvalue weighted by Crippen LogP contribution is 2.20. The lowest BCUT2D eigenvalue weighted by molar-refractivity contribution is 0.321. The van der Waals surface area contributed by atoms with Crippen molar-refractivity contribution in [2.45, 2.75) is 13.3 Å². The summed E-state index contributed by atoms with van der Waals surface area (Å²) in [6, 6.07) is 9.74. The van der Waals surface area contributed by atoms with Crippen molar-refractivity contribution < 1.29 is 4.74 Å². The van der Waals surface area contributed by atoms with Crippen molar-refractivity contribution in [3.63, 3.8) is 0 Å². The first-order valence-corrected chi connectivity index (χ1v) is 6.65. The van der Waals surface area contributed by atoms with Crippen molar-refractivity contribution in [2.75, 3.05) is 6.61 Å². The summed E-state index contributed by atoms with van der Waals surface area (Å²) in [5.41, 5.74) is 7.23. The smallest absolute Gasteiger partial charge is 0.122 e. The lowest BCUT2D eigenvalue weighted by Crippen LogP contribution is -2.11. The second kappa shape index (κ2) is 5.69. The van der Waals surface area contributed by atoms with Gasteiger partial charge in [-0.1, -0.05) is 18.2 Å². The highest BCUT2D eigenvalue weighted by atomic mass is 32.1. The maximum atomic E-state index is 7.42. The number of aryl methyl sites for hydroxylation is 1. The van der Waals surface area contributed by atoms with Gasteiger partial charge in [0.2, 0.25) is 0 Å². The fourth-order valence-corrected chi connectivity index (χ4v) is 2.33. The van der Waals surface area contributed by atoms with Crippen LogP contribution >= 0.6 is 11.3 Å². The summed E-state index contributed by atoms with van der Waals surface area (Å²) in [5.74, 6) is 0.873. The SMILES string of the molecule is Cc1ccc(C(=N)N)cc1OCCc1cccs1. The molecule has 18 heavy (non-hydrogen) atoms. The van der Waals surface area contributed by atoms with Gasteiger partial charge in [0.05, 0.1) is 6.61 Å². The zero-order chi connectivity index (χ0) is 13.0. The van der Waals surface area contributed by atoms with Gasteiger partial charge in [-0.25, -0.2) is 0 Å². The van der Waals surface area contributed by atoms with Gasteiger partial charge in [0.15, 0.2) is 0 Å². The molecule has 1 aromatic carbocycles. The van der Waals surface area contributed by atoms with Crippen LogP contribution in [0.2, 0.25) is 0 Å². The van der Waals surface area contributed by atoms with Gasteiger partial charge in [0.25, 0.3) is 0 Å². The summed E-state index contributed by atoms with van der Waals surface area (Å²) in [4.78, 5) is 1.32. The van der Waals surface area contributed by atoms with E-state index in [1.165, 1.54) is 4.88 Å². The Balaban J connectivity index is 2.00. The van der Waals surface area contributed by atoms with Gasteiger partial charge in [-0.15, -0.1) is 11.3 Å². The van der Waals surface area contributed by atoms with Crippen molar-refractivity contribution in [1.29, 1.82) is 5.41 Å². The molecule has 1 heterocycles. The Labute approximate surface area is 111 Å². The largest absolute Gasteiger partial charge is 0.493 e. The number of ether oxygens (including phenoxy) is 1. The van der Waals surface area contributed by atoms with Gasteiger partial charge < -0.3 is 10.5 Å². The van der Waals surface area contributed by atoms with E-state index in [0.717, 1.165) is 17.7 Å². The average Bonchev–Trinajstić information content (AvgIpc) is 2.84. The zero-order valence-electron chi connectivity index (χ0n) is 10.3. The Kier molecular flexibility index (Phi) is 3.99. The standard InChI is InChI=1S/C14H16N2OS/c1-10-4-5-11(14(15)16)9-13(10)17-7-6-12-3-2-8-18-12/h2-5,8-9H,6-7H2,1H3,(H3,15,16). The van der Waals surface area contributed by atoms with Gasteiger partial charge >= 0.3 is 0 Å². The molecule has 0 aliphatic heterocycles. The van der Waals surface area contributed by atoms with Crippen LogP contribution in [0.1, 0.15) is 16.0 Å². The average molecular weight is 260 g/mol. The highest BCUT2D eigenvalue weighted by molar-refractivity contribution is 7.09. The van der Waals surface area contributed by atoms with Crippen LogP contribution in [0.5, 0.6) is 5.75 Å². The molecule has 3 N–H and O–H groups in total. The first-order chi connectivity index (χ1) is 8.66. The molecule has 0 saturated heterocycles. The minimum Gasteiger partial charge on any atom is -0.493 e. The summed E-state index contributed by atoms with van der Waals surface area (Å²) in [5, 5.41) is 9.48. The fraction of sp³-hybridized carbons (Fsp3) is 0.214. The Morgan fingerprint density at radius 2 is 2.22 bits per heavy atom. The number of thiophene rings is 1. The van der Waals surface area contributed by atoms with Crippen molar-refractivity contribution in [3.8, 4) is 5.75 Å². The Bertz CT molecular complexity index is 535.